The third kappa shape index (κ3) is 4.29. The summed E-state index contributed by atoms with van der Waals surface area (Å²) >= 11 is 0. The zero-order valence-corrected chi connectivity index (χ0v) is 12.7. The molecule has 1 N–H and O–H groups in total. The Labute approximate surface area is 117 Å². The van der Waals surface area contributed by atoms with E-state index in [9.17, 15) is 8.42 Å². The van der Waals surface area contributed by atoms with E-state index in [0.717, 1.165) is 25.3 Å². The zero-order chi connectivity index (χ0) is 13.7. The molecule has 1 fully saturated rings. The van der Waals surface area contributed by atoms with Crippen molar-refractivity contribution in [2.45, 2.75) is 45.1 Å². The quantitative estimate of drug-likeness (QED) is 0.783. The van der Waals surface area contributed by atoms with E-state index in [1.165, 1.54) is 19.3 Å². The molecule has 0 aromatic rings. The van der Waals surface area contributed by atoms with Gasteiger partial charge in [-0.25, -0.2) is 12.7 Å². The van der Waals surface area contributed by atoms with Crippen LogP contribution in [0.15, 0.2) is 12.2 Å². The molecule has 0 radical (unpaired) electrons. The highest BCUT2D eigenvalue weighted by molar-refractivity contribution is 7.89. The van der Waals surface area contributed by atoms with Crippen LogP contribution in [0.5, 0.6) is 0 Å². The maximum atomic E-state index is 11.8. The molecule has 19 heavy (non-hydrogen) atoms. The lowest BCUT2D eigenvalue weighted by Crippen LogP contribution is -2.46. The van der Waals surface area contributed by atoms with Crippen LogP contribution in [0.1, 0.15) is 39.0 Å². The molecule has 1 unspecified atom stereocenters. The van der Waals surface area contributed by atoms with Crippen LogP contribution in [0.25, 0.3) is 0 Å². The summed E-state index contributed by atoms with van der Waals surface area (Å²) < 4.78 is 25.2. The first-order valence-corrected chi connectivity index (χ1v) is 9.09. The summed E-state index contributed by atoms with van der Waals surface area (Å²) in [4.78, 5) is 0. The minimum atomic E-state index is -2.98. The second-order valence-corrected chi connectivity index (χ2v) is 7.89. The van der Waals surface area contributed by atoms with Crippen molar-refractivity contribution >= 4 is 10.0 Å². The number of hydrogen-bond donors (Lipinski definition) is 1. The van der Waals surface area contributed by atoms with Crippen molar-refractivity contribution in [2.75, 3.05) is 25.4 Å². The molecule has 0 bridgehead atoms. The normalized spacial score (nSPS) is 26.7. The van der Waals surface area contributed by atoms with Crippen molar-refractivity contribution in [3.63, 3.8) is 0 Å². The lowest BCUT2D eigenvalue weighted by atomic mass is 9.94. The highest BCUT2D eigenvalue weighted by atomic mass is 32.2. The van der Waals surface area contributed by atoms with Gasteiger partial charge in [-0.15, -0.1) is 0 Å². The maximum Gasteiger partial charge on any atom is 0.213 e. The van der Waals surface area contributed by atoms with Crippen LogP contribution in [-0.4, -0.2) is 44.2 Å². The van der Waals surface area contributed by atoms with Crippen LogP contribution in [0.3, 0.4) is 0 Å². The van der Waals surface area contributed by atoms with E-state index in [1.54, 1.807) is 11.2 Å². The van der Waals surface area contributed by atoms with E-state index in [2.05, 4.69) is 17.5 Å². The number of hydrogen-bond acceptors (Lipinski definition) is 3. The molecule has 0 aromatic heterocycles. The Morgan fingerprint density at radius 2 is 1.95 bits per heavy atom. The number of nitrogens with one attached hydrogen (secondary N) is 1. The summed E-state index contributed by atoms with van der Waals surface area (Å²) in [5, 5.41) is 3.63. The molecule has 0 aromatic carbocycles. The van der Waals surface area contributed by atoms with Crippen LogP contribution in [0.2, 0.25) is 0 Å². The molecule has 0 amide bonds. The van der Waals surface area contributed by atoms with Crippen LogP contribution < -0.4 is 5.32 Å². The fourth-order valence-corrected chi connectivity index (χ4v) is 4.03. The van der Waals surface area contributed by atoms with Crippen molar-refractivity contribution in [3.8, 4) is 0 Å². The SMILES string of the molecule is CCS(=O)(=O)N1CCC(NCC2CC=CCC2)CC1. The van der Waals surface area contributed by atoms with Gasteiger partial charge in [-0.3, -0.25) is 0 Å². The topological polar surface area (TPSA) is 49.4 Å². The summed E-state index contributed by atoms with van der Waals surface area (Å²) in [5.74, 6) is 0.988. The van der Waals surface area contributed by atoms with Gasteiger partial charge in [0.25, 0.3) is 0 Å². The summed E-state index contributed by atoms with van der Waals surface area (Å²) in [6.45, 7) is 4.16. The van der Waals surface area contributed by atoms with Gasteiger partial charge in [0.15, 0.2) is 0 Å². The molecule has 0 saturated carbocycles. The van der Waals surface area contributed by atoms with Gasteiger partial charge in [-0.2, -0.15) is 0 Å². The Bertz CT molecular complexity index is 398. The van der Waals surface area contributed by atoms with Gasteiger partial charge in [0, 0.05) is 19.1 Å². The Morgan fingerprint density at radius 3 is 2.53 bits per heavy atom. The van der Waals surface area contributed by atoms with Crippen LogP contribution in [0, 0.1) is 5.92 Å². The number of allylic oxidation sites excluding steroid dienone is 2. The number of sulfonamides is 1. The van der Waals surface area contributed by atoms with Crippen molar-refractivity contribution in [1.29, 1.82) is 0 Å². The first-order valence-electron chi connectivity index (χ1n) is 7.48. The molecule has 1 heterocycles. The largest absolute Gasteiger partial charge is 0.314 e. The van der Waals surface area contributed by atoms with Gasteiger partial charge >= 0.3 is 0 Å². The number of rotatable bonds is 5. The molecular weight excluding hydrogens is 260 g/mol. The lowest BCUT2D eigenvalue weighted by molar-refractivity contribution is 0.277. The molecule has 2 aliphatic rings. The van der Waals surface area contributed by atoms with Crippen molar-refractivity contribution in [3.05, 3.63) is 12.2 Å². The van der Waals surface area contributed by atoms with Gasteiger partial charge in [0.2, 0.25) is 10.0 Å². The first kappa shape index (κ1) is 15.0. The second kappa shape index (κ2) is 6.86. The molecule has 110 valence electrons. The third-order valence-corrected chi connectivity index (χ3v) is 6.17. The van der Waals surface area contributed by atoms with Gasteiger partial charge in [-0.05, 0) is 51.5 Å². The van der Waals surface area contributed by atoms with Crippen molar-refractivity contribution in [2.24, 2.45) is 5.92 Å². The van der Waals surface area contributed by atoms with E-state index < -0.39 is 10.0 Å². The van der Waals surface area contributed by atoms with Crippen molar-refractivity contribution < 1.29 is 8.42 Å². The van der Waals surface area contributed by atoms with Gasteiger partial charge in [0.1, 0.15) is 0 Å². The fraction of sp³-hybridized carbons (Fsp3) is 0.857. The van der Waals surface area contributed by atoms with E-state index in [0.29, 0.717) is 19.1 Å². The number of piperidine rings is 1. The molecule has 4 nitrogen and oxygen atoms in total. The minimum absolute atomic E-state index is 0.222. The summed E-state index contributed by atoms with van der Waals surface area (Å²) in [6, 6.07) is 0.495. The van der Waals surface area contributed by atoms with Crippen LogP contribution >= 0.6 is 0 Å². The fourth-order valence-electron chi connectivity index (χ4n) is 2.90. The predicted molar refractivity (Wildman–Crippen MR) is 78.5 cm³/mol. The average Bonchev–Trinajstić information content (AvgIpc) is 2.47. The lowest BCUT2D eigenvalue weighted by Gasteiger charge is -2.32. The second-order valence-electron chi connectivity index (χ2n) is 5.63. The molecule has 2 rings (SSSR count). The molecule has 0 spiro atoms. The van der Waals surface area contributed by atoms with Crippen molar-refractivity contribution in [1.82, 2.24) is 9.62 Å². The molecule has 1 aliphatic heterocycles. The van der Waals surface area contributed by atoms with Gasteiger partial charge in [0.05, 0.1) is 5.75 Å². The Morgan fingerprint density at radius 1 is 1.21 bits per heavy atom. The smallest absolute Gasteiger partial charge is 0.213 e. The zero-order valence-electron chi connectivity index (χ0n) is 11.8. The number of nitrogens with zero attached hydrogens (tertiary/aromatic N) is 1. The Kier molecular flexibility index (Phi) is 5.42. The maximum absolute atomic E-state index is 11.8. The monoisotopic (exact) mass is 286 g/mol. The van der Waals surface area contributed by atoms with E-state index in [-0.39, 0.29) is 5.75 Å². The van der Waals surface area contributed by atoms with Gasteiger partial charge < -0.3 is 5.32 Å². The Balaban J connectivity index is 1.70. The van der Waals surface area contributed by atoms with E-state index >= 15 is 0 Å². The third-order valence-electron chi connectivity index (χ3n) is 4.28. The minimum Gasteiger partial charge on any atom is -0.314 e. The Hall–Kier alpha value is -0.390. The highest BCUT2D eigenvalue weighted by Gasteiger charge is 2.26. The summed E-state index contributed by atoms with van der Waals surface area (Å²) in [5.41, 5.74) is 0. The van der Waals surface area contributed by atoms with Crippen LogP contribution in [0.4, 0.5) is 0 Å². The molecule has 1 aliphatic carbocycles. The standard InChI is InChI=1S/C14H26N2O2S/c1-2-19(17,18)16-10-8-14(9-11-16)15-12-13-6-4-3-5-7-13/h3-4,13-15H,2,5-12H2,1H3. The molecular formula is C14H26N2O2S. The summed E-state index contributed by atoms with van der Waals surface area (Å²) in [6.07, 6.45) is 10.1. The first-order chi connectivity index (χ1) is 9.12. The summed E-state index contributed by atoms with van der Waals surface area (Å²) in [7, 11) is -2.98. The van der Waals surface area contributed by atoms with E-state index in [1.807, 2.05) is 0 Å². The predicted octanol–water partition coefficient (Wildman–Crippen LogP) is 1.75. The molecule has 5 heteroatoms. The molecule has 1 saturated heterocycles. The van der Waals surface area contributed by atoms with Crippen LogP contribution in [-0.2, 0) is 10.0 Å². The highest BCUT2D eigenvalue weighted by Crippen LogP contribution is 2.19. The van der Waals surface area contributed by atoms with Gasteiger partial charge in [-0.1, -0.05) is 12.2 Å². The average molecular weight is 286 g/mol. The van der Waals surface area contributed by atoms with E-state index in [4.69, 9.17) is 0 Å². The molecule has 1 atom stereocenters.